The largest absolute Gasteiger partial charge is 0.458 e. The van der Waals surface area contributed by atoms with Crippen LogP contribution in [0.5, 0.6) is 5.75 Å². The van der Waals surface area contributed by atoms with Crippen molar-refractivity contribution in [1.82, 2.24) is 15.1 Å². The Morgan fingerprint density at radius 3 is 2.15 bits per heavy atom. The number of nitrogens with one attached hydrogen (secondary N) is 1. The molecule has 2 fully saturated rings. The fraction of sp³-hybridized carbons (Fsp3) is 0.556. The lowest BCUT2D eigenvalue weighted by Gasteiger charge is -2.37. The van der Waals surface area contributed by atoms with Gasteiger partial charge in [0.05, 0.1) is 12.5 Å². The fourth-order valence-electron chi connectivity index (χ4n) is 5.86. The normalized spacial score (nSPS) is 21.2. The predicted octanol–water partition coefficient (Wildman–Crippen LogP) is 5.45. The van der Waals surface area contributed by atoms with Gasteiger partial charge in [0.25, 0.3) is 0 Å². The second-order valence-corrected chi connectivity index (χ2v) is 14.4. The Labute approximate surface area is 276 Å². The van der Waals surface area contributed by atoms with Crippen molar-refractivity contribution in [2.75, 3.05) is 19.6 Å². The standard InChI is InChI=1S/C36H48FN3O7/c1-23-8-10-24(11-9-23)21-40-19-17-30(32(40)42)39-18-16-27(28(37)22-39)25-12-14-26(15-13-25)45-31(41)20-29(33(43)46-35(2,3)4)38-34(44)47-36(5,6)7/h8-15,27-30H,16-22H2,1-7H3,(H,38,44)/t27-,28+,29?,30?/m0/s1. The number of carbonyl (C=O) groups excluding carboxylic acids is 4. The molecule has 1 N–H and O–H groups in total. The second kappa shape index (κ2) is 14.8. The van der Waals surface area contributed by atoms with Crippen molar-refractivity contribution in [3.63, 3.8) is 0 Å². The average Bonchev–Trinajstić information content (AvgIpc) is 3.32. The third kappa shape index (κ3) is 10.5. The second-order valence-electron chi connectivity index (χ2n) is 14.4. The molecule has 4 atom stereocenters. The Kier molecular flexibility index (Phi) is 11.3. The number of benzene rings is 2. The summed E-state index contributed by atoms with van der Waals surface area (Å²) < 4.78 is 31.6. The van der Waals surface area contributed by atoms with Crippen LogP contribution < -0.4 is 10.1 Å². The first-order valence-electron chi connectivity index (χ1n) is 16.2. The van der Waals surface area contributed by atoms with Gasteiger partial charge in [0.15, 0.2) is 0 Å². The van der Waals surface area contributed by atoms with Crippen molar-refractivity contribution in [3.8, 4) is 5.75 Å². The van der Waals surface area contributed by atoms with Crippen LogP contribution in [-0.2, 0) is 30.4 Å². The van der Waals surface area contributed by atoms with E-state index >= 15 is 4.39 Å². The lowest BCUT2D eigenvalue weighted by molar-refractivity contribution is -0.159. The molecule has 0 radical (unpaired) electrons. The monoisotopic (exact) mass is 653 g/mol. The number of carbonyl (C=O) groups is 4. The smallest absolute Gasteiger partial charge is 0.408 e. The molecule has 2 aliphatic heterocycles. The van der Waals surface area contributed by atoms with Crippen LogP contribution in [-0.4, -0.2) is 82.8 Å². The molecule has 2 heterocycles. The van der Waals surface area contributed by atoms with Gasteiger partial charge in [0.1, 0.15) is 29.2 Å². The van der Waals surface area contributed by atoms with Gasteiger partial charge >= 0.3 is 18.0 Å². The van der Waals surface area contributed by atoms with E-state index in [1.165, 1.54) is 5.56 Å². The van der Waals surface area contributed by atoms with Gasteiger partial charge in [-0.2, -0.15) is 0 Å². The Hall–Kier alpha value is -3.99. The number of nitrogens with zero attached hydrogens (tertiary/aromatic N) is 2. The van der Waals surface area contributed by atoms with Gasteiger partial charge in [-0.1, -0.05) is 42.0 Å². The van der Waals surface area contributed by atoms with Crippen LogP contribution in [0.3, 0.4) is 0 Å². The molecular weight excluding hydrogens is 605 g/mol. The number of amides is 2. The van der Waals surface area contributed by atoms with Gasteiger partial charge in [0.2, 0.25) is 5.91 Å². The zero-order chi connectivity index (χ0) is 34.5. The molecule has 11 heteroatoms. The molecule has 2 amide bonds. The van der Waals surface area contributed by atoms with Gasteiger partial charge in [-0.25, -0.2) is 14.0 Å². The summed E-state index contributed by atoms with van der Waals surface area (Å²) in [7, 11) is 0. The van der Waals surface area contributed by atoms with E-state index in [9.17, 15) is 19.2 Å². The number of likely N-dealkylation sites (tertiary alicyclic amines) is 2. The summed E-state index contributed by atoms with van der Waals surface area (Å²) in [5, 5.41) is 2.41. The van der Waals surface area contributed by atoms with Crippen LogP contribution in [0, 0.1) is 6.92 Å². The van der Waals surface area contributed by atoms with Crippen molar-refractivity contribution in [1.29, 1.82) is 0 Å². The number of alkyl halides is 1. The number of aryl methyl sites for hydroxylation is 1. The molecule has 2 unspecified atom stereocenters. The molecule has 0 aliphatic carbocycles. The lowest BCUT2D eigenvalue weighted by Crippen LogP contribution is -2.49. The van der Waals surface area contributed by atoms with Crippen molar-refractivity contribution in [3.05, 3.63) is 65.2 Å². The lowest BCUT2D eigenvalue weighted by atomic mass is 9.87. The maximum absolute atomic E-state index is 15.6. The van der Waals surface area contributed by atoms with Gasteiger partial charge in [-0.05, 0) is 91.1 Å². The molecule has 2 aliphatic rings. The molecule has 2 aromatic rings. The number of rotatable bonds is 9. The predicted molar refractivity (Wildman–Crippen MR) is 175 cm³/mol. The zero-order valence-corrected chi connectivity index (χ0v) is 28.5. The number of alkyl carbamates (subject to hydrolysis) is 1. The minimum absolute atomic E-state index is 0.0533. The van der Waals surface area contributed by atoms with Crippen LogP contribution in [0.1, 0.15) is 83.4 Å². The number of halogens is 1. The van der Waals surface area contributed by atoms with E-state index in [1.54, 1.807) is 65.8 Å². The Bertz CT molecular complexity index is 1420. The third-order valence-electron chi connectivity index (χ3n) is 8.07. The Balaban J connectivity index is 1.31. The quantitative estimate of drug-likeness (QED) is 0.281. The number of ether oxygens (including phenoxy) is 3. The molecule has 0 spiro atoms. The van der Waals surface area contributed by atoms with Crippen LogP contribution in [0.4, 0.5) is 9.18 Å². The van der Waals surface area contributed by atoms with Gasteiger partial charge in [-0.15, -0.1) is 0 Å². The van der Waals surface area contributed by atoms with Gasteiger partial charge < -0.3 is 24.4 Å². The summed E-state index contributed by atoms with van der Waals surface area (Å²) in [6.07, 6.45) is -1.28. The number of hydrogen-bond donors (Lipinski definition) is 1. The molecule has 10 nitrogen and oxygen atoms in total. The zero-order valence-electron chi connectivity index (χ0n) is 28.5. The Morgan fingerprint density at radius 1 is 0.915 bits per heavy atom. The molecule has 0 bridgehead atoms. The van der Waals surface area contributed by atoms with Crippen LogP contribution in [0.25, 0.3) is 0 Å². The number of esters is 2. The SMILES string of the molecule is Cc1ccc(CN2CCC(N3CC[C@@H](c4ccc(OC(=O)CC(NC(=O)OC(C)(C)C)C(=O)OC(C)(C)C)cc4)[C@H](F)C3)C2=O)cc1. The Morgan fingerprint density at radius 2 is 1.55 bits per heavy atom. The van der Waals surface area contributed by atoms with Gasteiger partial charge in [0, 0.05) is 25.6 Å². The van der Waals surface area contributed by atoms with E-state index in [1.807, 2.05) is 41.0 Å². The summed E-state index contributed by atoms with van der Waals surface area (Å²) >= 11 is 0. The van der Waals surface area contributed by atoms with E-state index in [0.717, 1.165) is 11.1 Å². The maximum Gasteiger partial charge on any atom is 0.408 e. The summed E-state index contributed by atoms with van der Waals surface area (Å²) in [5.74, 6) is -1.64. The van der Waals surface area contributed by atoms with Crippen molar-refractivity contribution in [2.24, 2.45) is 0 Å². The molecule has 2 saturated heterocycles. The van der Waals surface area contributed by atoms with E-state index in [4.69, 9.17) is 14.2 Å². The molecule has 2 aromatic carbocycles. The first-order chi connectivity index (χ1) is 22.0. The number of hydrogen-bond acceptors (Lipinski definition) is 8. The van der Waals surface area contributed by atoms with Crippen LogP contribution in [0.2, 0.25) is 0 Å². The van der Waals surface area contributed by atoms with E-state index in [2.05, 4.69) is 5.32 Å². The van der Waals surface area contributed by atoms with E-state index in [0.29, 0.717) is 32.5 Å². The first kappa shape index (κ1) is 35.9. The molecular formula is C36H48FN3O7. The highest BCUT2D eigenvalue weighted by atomic mass is 19.1. The van der Waals surface area contributed by atoms with E-state index < -0.39 is 47.9 Å². The highest BCUT2D eigenvalue weighted by Gasteiger charge is 2.40. The van der Waals surface area contributed by atoms with E-state index in [-0.39, 0.29) is 30.2 Å². The number of piperidine rings is 1. The molecule has 0 saturated carbocycles. The molecule has 4 rings (SSSR count). The molecule has 47 heavy (non-hydrogen) atoms. The molecule has 0 aromatic heterocycles. The summed E-state index contributed by atoms with van der Waals surface area (Å²) in [4.78, 5) is 55.0. The highest BCUT2D eigenvalue weighted by molar-refractivity contribution is 5.87. The fourth-order valence-corrected chi connectivity index (χ4v) is 5.86. The van der Waals surface area contributed by atoms with Crippen molar-refractivity contribution < 1.29 is 37.8 Å². The van der Waals surface area contributed by atoms with Crippen molar-refractivity contribution in [2.45, 2.75) is 110 Å². The highest BCUT2D eigenvalue weighted by Crippen LogP contribution is 2.34. The average molecular weight is 654 g/mol. The minimum atomic E-state index is -1.32. The summed E-state index contributed by atoms with van der Waals surface area (Å²) in [5.41, 5.74) is 1.38. The van der Waals surface area contributed by atoms with Crippen molar-refractivity contribution >= 4 is 23.9 Å². The summed E-state index contributed by atoms with van der Waals surface area (Å²) in [6.45, 7) is 14.1. The minimum Gasteiger partial charge on any atom is -0.458 e. The third-order valence-corrected chi connectivity index (χ3v) is 8.07. The first-order valence-corrected chi connectivity index (χ1v) is 16.2. The topological polar surface area (TPSA) is 114 Å². The molecule has 256 valence electrons. The van der Waals surface area contributed by atoms with Crippen LogP contribution >= 0.6 is 0 Å². The maximum atomic E-state index is 15.6. The van der Waals surface area contributed by atoms with Crippen LogP contribution in [0.15, 0.2) is 48.5 Å². The van der Waals surface area contributed by atoms with Gasteiger partial charge in [-0.3, -0.25) is 14.5 Å². The summed E-state index contributed by atoms with van der Waals surface area (Å²) in [6, 6.07) is 13.1.